The molecule has 0 radical (unpaired) electrons. The minimum absolute atomic E-state index is 0.0968. The number of rotatable bonds is 8. The van der Waals surface area contributed by atoms with Gasteiger partial charge in [-0.15, -0.1) is 0 Å². The van der Waals surface area contributed by atoms with Gasteiger partial charge in [0.25, 0.3) is 11.8 Å². The molecule has 2 aliphatic rings. The van der Waals surface area contributed by atoms with Crippen molar-refractivity contribution in [3.05, 3.63) is 141 Å². The third kappa shape index (κ3) is 10.0. The van der Waals surface area contributed by atoms with Crippen LogP contribution in [0.3, 0.4) is 0 Å². The van der Waals surface area contributed by atoms with Crippen molar-refractivity contribution in [3.8, 4) is 0 Å². The van der Waals surface area contributed by atoms with Gasteiger partial charge in [0, 0.05) is 59.4 Å². The second kappa shape index (κ2) is 18.6. The second-order valence-corrected chi connectivity index (χ2v) is 16.7. The summed E-state index contributed by atoms with van der Waals surface area (Å²) in [6.45, 7) is 0.891. The van der Waals surface area contributed by atoms with E-state index in [0.717, 1.165) is 12.1 Å². The zero-order valence-electron chi connectivity index (χ0n) is 33.9. The van der Waals surface area contributed by atoms with Gasteiger partial charge in [-0.1, -0.05) is 71.7 Å². The highest BCUT2D eigenvalue weighted by molar-refractivity contribution is 6.32. The molecule has 2 saturated heterocycles. The molecule has 4 heterocycles. The van der Waals surface area contributed by atoms with Crippen LogP contribution >= 0.6 is 23.2 Å². The molecule has 6 aromatic rings. The number of piperidine rings is 2. The molecule has 0 saturated carbocycles. The molecule has 8 rings (SSSR count). The van der Waals surface area contributed by atoms with E-state index in [9.17, 15) is 50.6 Å². The molecule has 0 spiro atoms. The van der Waals surface area contributed by atoms with Crippen LogP contribution in [0.5, 0.6) is 0 Å². The molecule has 4 aromatic carbocycles. The number of nitrogens with zero attached hydrogens (tertiary/aromatic N) is 4. The quantitative estimate of drug-likeness (QED) is 0.147. The Hall–Kier alpha value is -6.00. The molecule has 0 atom stereocenters. The highest BCUT2D eigenvalue weighted by Gasteiger charge is 2.38. The first-order chi connectivity index (χ1) is 30.3. The maximum atomic E-state index is 13.4. The third-order valence-electron chi connectivity index (χ3n) is 11.8. The summed E-state index contributed by atoms with van der Waals surface area (Å²) in [6.07, 6.45) is -4.04. The molecule has 3 amide bonds. The molecular formula is C46H41Cl2F6N5O5. The highest BCUT2D eigenvalue weighted by Crippen LogP contribution is 2.41. The summed E-state index contributed by atoms with van der Waals surface area (Å²) in [5, 5.41) is 11.3. The molecule has 18 heteroatoms. The average Bonchev–Trinajstić information content (AvgIpc) is 3.79. The second-order valence-electron chi connectivity index (χ2n) is 15.8. The largest absolute Gasteiger partial charge is 0.480 e. The predicted octanol–water partition coefficient (Wildman–Crippen LogP) is 10.2. The van der Waals surface area contributed by atoms with Crippen molar-refractivity contribution >= 4 is 68.7 Å². The SMILES string of the molecule is NC(=O)Cn1cc(C(=O)N2CCC(c3ccccc3C(F)(F)F)CC2)c2ccc(Cl)cc21.O=C(O)Cn1cc(C(=O)N2CCC(c3ccccc3C(F)(F)F)CC2)c2ccc(Cl)cc21. The predicted molar refractivity (Wildman–Crippen MR) is 229 cm³/mol. The van der Waals surface area contributed by atoms with E-state index < -0.39 is 35.4 Å². The van der Waals surface area contributed by atoms with Crippen molar-refractivity contribution in [1.82, 2.24) is 18.9 Å². The van der Waals surface area contributed by atoms with Crippen LogP contribution in [0.25, 0.3) is 21.8 Å². The Balaban J connectivity index is 0.000000191. The first kappa shape index (κ1) is 46.0. The topological polar surface area (TPSA) is 131 Å². The number of primary amides is 1. The van der Waals surface area contributed by atoms with Gasteiger partial charge in [0.1, 0.15) is 13.1 Å². The van der Waals surface area contributed by atoms with Crippen LogP contribution in [0, 0.1) is 0 Å². The number of aliphatic carboxylic acids is 1. The smallest absolute Gasteiger partial charge is 0.416 e. The van der Waals surface area contributed by atoms with Crippen molar-refractivity contribution in [2.24, 2.45) is 5.73 Å². The lowest BCUT2D eigenvalue weighted by atomic mass is 9.86. The molecule has 336 valence electrons. The molecule has 2 aromatic heterocycles. The number of carboxylic acids is 1. The Morgan fingerprint density at radius 1 is 0.594 bits per heavy atom. The summed E-state index contributed by atoms with van der Waals surface area (Å²) >= 11 is 12.1. The van der Waals surface area contributed by atoms with Gasteiger partial charge in [-0.05, 0) is 85.0 Å². The Labute approximate surface area is 372 Å². The molecule has 3 N–H and O–H groups in total. The fourth-order valence-electron chi connectivity index (χ4n) is 8.80. The standard InChI is InChI=1S/C23H21ClF3N3O2.C23H20ClF3N2O3/c24-15-5-6-17-18(12-30(13-21(28)31)20(17)11-15)22(32)29-9-7-14(8-10-29)16-3-1-2-4-19(16)23(25,26)27;24-15-5-6-17-18(12-29(13-21(30)31)20(17)11-15)22(32)28-9-7-14(8-10-28)16-3-1-2-4-19(16)23(25,26)27/h1-6,11-12,14H,7-10,13H2,(H2,28,31);1-6,11-12,14H,7-10,13H2,(H,30,31). The van der Waals surface area contributed by atoms with E-state index in [4.69, 9.17) is 28.9 Å². The van der Waals surface area contributed by atoms with Crippen molar-refractivity contribution in [3.63, 3.8) is 0 Å². The number of alkyl halides is 6. The normalized spacial score (nSPS) is 15.3. The number of fused-ring (bicyclic) bond motifs is 2. The number of benzene rings is 4. The van der Waals surface area contributed by atoms with Crippen LogP contribution in [0.15, 0.2) is 97.3 Å². The van der Waals surface area contributed by atoms with Gasteiger partial charge in [0.15, 0.2) is 0 Å². The number of carboxylic acid groups (broad SMARTS) is 1. The zero-order chi connectivity index (χ0) is 46.1. The molecule has 2 fully saturated rings. The number of nitrogens with two attached hydrogens (primary N) is 1. The van der Waals surface area contributed by atoms with E-state index in [1.54, 1.807) is 69.1 Å². The highest BCUT2D eigenvalue weighted by atomic mass is 35.5. The van der Waals surface area contributed by atoms with Gasteiger partial charge < -0.3 is 29.8 Å². The minimum Gasteiger partial charge on any atom is -0.480 e. The van der Waals surface area contributed by atoms with E-state index in [2.05, 4.69) is 0 Å². The van der Waals surface area contributed by atoms with Gasteiger partial charge in [-0.25, -0.2) is 0 Å². The van der Waals surface area contributed by atoms with Crippen molar-refractivity contribution < 1.29 is 50.6 Å². The average molecular weight is 929 g/mol. The number of aromatic nitrogens is 2. The first-order valence-corrected chi connectivity index (χ1v) is 21.0. The van der Waals surface area contributed by atoms with Crippen molar-refractivity contribution in [2.75, 3.05) is 26.2 Å². The maximum absolute atomic E-state index is 13.4. The lowest BCUT2D eigenvalue weighted by molar-refractivity contribution is -0.139. The number of halogens is 8. The fourth-order valence-corrected chi connectivity index (χ4v) is 9.13. The molecule has 2 aliphatic heterocycles. The van der Waals surface area contributed by atoms with Crippen LogP contribution in [-0.4, -0.2) is 73.9 Å². The lowest BCUT2D eigenvalue weighted by Gasteiger charge is -2.33. The number of hydrogen-bond donors (Lipinski definition) is 2. The minimum atomic E-state index is -4.42. The van der Waals surface area contributed by atoms with Gasteiger partial charge in [0.05, 0.1) is 33.3 Å². The fraction of sp³-hybridized carbons (Fsp3) is 0.304. The molecular weight excluding hydrogens is 887 g/mol. The summed E-state index contributed by atoms with van der Waals surface area (Å²) in [5.74, 6) is -2.67. The van der Waals surface area contributed by atoms with Gasteiger partial charge in [0.2, 0.25) is 5.91 Å². The zero-order valence-corrected chi connectivity index (χ0v) is 35.4. The molecule has 0 aliphatic carbocycles. The van der Waals surface area contributed by atoms with E-state index >= 15 is 0 Å². The summed E-state index contributed by atoms with van der Waals surface area (Å²) in [6, 6.07) is 21.2. The van der Waals surface area contributed by atoms with Crippen LogP contribution in [-0.2, 0) is 35.0 Å². The summed E-state index contributed by atoms with van der Waals surface area (Å²) in [7, 11) is 0. The third-order valence-corrected chi connectivity index (χ3v) is 12.2. The Morgan fingerprint density at radius 3 is 1.33 bits per heavy atom. The molecule has 64 heavy (non-hydrogen) atoms. The Morgan fingerprint density at radius 2 is 0.969 bits per heavy atom. The lowest BCUT2D eigenvalue weighted by Crippen LogP contribution is -2.38. The van der Waals surface area contributed by atoms with Gasteiger partial charge in [-0.2, -0.15) is 26.3 Å². The number of carbonyl (C=O) groups excluding carboxylic acids is 3. The molecule has 10 nitrogen and oxygen atoms in total. The summed E-state index contributed by atoms with van der Waals surface area (Å²) in [5.41, 5.74) is 6.55. The van der Waals surface area contributed by atoms with Crippen LogP contribution in [0.2, 0.25) is 10.0 Å². The number of amides is 3. The van der Waals surface area contributed by atoms with Gasteiger partial charge in [-0.3, -0.25) is 19.2 Å². The molecule has 0 bridgehead atoms. The van der Waals surface area contributed by atoms with E-state index in [-0.39, 0.29) is 47.9 Å². The summed E-state index contributed by atoms with van der Waals surface area (Å²) in [4.78, 5) is 52.4. The van der Waals surface area contributed by atoms with Gasteiger partial charge >= 0.3 is 18.3 Å². The summed E-state index contributed by atoms with van der Waals surface area (Å²) < 4.78 is 83.4. The van der Waals surface area contributed by atoms with E-state index in [1.807, 2.05) is 0 Å². The van der Waals surface area contributed by atoms with Crippen LogP contribution < -0.4 is 5.73 Å². The monoisotopic (exact) mass is 927 g/mol. The van der Waals surface area contributed by atoms with Crippen LogP contribution in [0.4, 0.5) is 26.3 Å². The van der Waals surface area contributed by atoms with Crippen molar-refractivity contribution in [2.45, 2.75) is 63.0 Å². The number of likely N-dealkylation sites (tertiary alicyclic amines) is 2. The first-order valence-electron chi connectivity index (χ1n) is 20.3. The number of carbonyl (C=O) groups is 4. The van der Waals surface area contributed by atoms with E-state index in [0.29, 0.717) is 94.8 Å². The maximum Gasteiger partial charge on any atom is 0.416 e. The number of hydrogen-bond acceptors (Lipinski definition) is 4. The molecule has 0 unspecified atom stereocenters. The van der Waals surface area contributed by atoms with E-state index in [1.165, 1.54) is 35.0 Å². The van der Waals surface area contributed by atoms with Crippen LogP contribution in [0.1, 0.15) is 80.5 Å². The Bertz CT molecular complexity index is 2550. The Kier molecular flexibility index (Phi) is 13.4. The van der Waals surface area contributed by atoms with Crippen molar-refractivity contribution in [1.29, 1.82) is 0 Å².